The maximum atomic E-state index is 12.4. The van der Waals surface area contributed by atoms with Gasteiger partial charge in [-0.3, -0.25) is 10.1 Å². The van der Waals surface area contributed by atoms with Gasteiger partial charge in [0.15, 0.2) is 20.1 Å². The van der Waals surface area contributed by atoms with Gasteiger partial charge in [0.1, 0.15) is 0 Å². The van der Waals surface area contributed by atoms with Crippen LogP contribution in [0.15, 0.2) is 28.5 Å². The van der Waals surface area contributed by atoms with E-state index in [2.05, 4.69) is 10.3 Å². The van der Waals surface area contributed by atoms with E-state index in [-0.39, 0.29) is 28.9 Å². The van der Waals surface area contributed by atoms with Crippen LogP contribution in [0.25, 0.3) is 4.90 Å². The number of nitrogens with one attached hydrogen (secondary N) is 1. The quantitative estimate of drug-likeness (QED) is 0.224. The van der Waals surface area contributed by atoms with E-state index < -0.39 is 20.3 Å². The van der Waals surface area contributed by atoms with Gasteiger partial charge in [-0.1, -0.05) is 11.6 Å². The number of nitrogens with two attached hydrogens (primary N) is 1. The van der Waals surface area contributed by atoms with Crippen LogP contribution in [0.1, 0.15) is 12.1 Å². The van der Waals surface area contributed by atoms with Crippen LogP contribution >= 0.6 is 22.1 Å². The van der Waals surface area contributed by atoms with Crippen LogP contribution in [0.5, 0.6) is 0 Å². The minimum atomic E-state index is -3.49. The summed E-state index contributed by atoms with van der Waals surface area (Å²) in [5.41, 5.74) is 6.05. The summed E-state index contributed by atoms with van der Waals surface area (Å²) >= 11 is 6.05. The van der Waals surface area contributed by atoms with Gasteiger partial charge >= 0.3 is 5.13 Å². The van der Waals surface area contributed by atoms with E-state index in [1.807, 2.05) is 12.3 Å². The summed E-state index contributed by atoms with van der Waals surface area (Å²) in [4.78, 5) is 17.5. The van der Waals surface area contributed by atoms with Crippen LogP contribution in [-0.4, -0.2) is 85.0 Å². The lowest BCUT2D eigenvalue weighted by Crippen LogP contribution is -2.16. The molecule has 1 heterocycles. The van der Waals surface area contributed by atoms with Crippen molar-refractivity contribution in [2.24, 2.45) is 5.73 Å². The van der Waals surface area contributed by atoms with Crippen LogP contribution in [-0.2, 0) is 33.6 Å². The zero-order chi connectivity index (χ0) is 25.7. The molecular formula is C22H33ClN3O7S2+. The third-order valence-electron chi connectivity index (χ3n) is 4.43. The van der Waals surface area contributed by atoms with Crippen LogP contribution < -0.4 is 11.1 Å². The molecule has 0 aliphatic heterocycles. The second-order valence-electron chi connectivity index (χ2n) is 7.41. The van der Waals surface area contributed by atoms with E-state index in [1.54, 1.807) is 12.1 Å². The number of halogens is 1. The van der Waals surface area contributed by atoms with Crippen molar-refractivity contribution in [1.82, 2.24) is 4.98 Å². The smallest absolute Gasteiger partial charge is 0.352 e. The third kappa shape index (κ3) is 10.9. The molecule has 0 saturated carbocycles. The Kier molecular flexibility index (Phi) is 13.1. The van der Waals surface area contributed by atoms with Crippen molar-refractivity contribution >= 4 is 42.9 Å². The molecular weight excluding hydrogens is 518 g/mol. The molecule has 1 aromatic heterocycles. The number of hydrogen-bond acceptors (Lipinski definition) is 9. The fourth-order valence-corrected chi connectivity index (χ4v) is 5.99. The van der Waals surface area contributed by atoms with Crippen molar-refractivity contribution in [3.05, 3.63) is 34.3 Å². The standard InChI is InChI=1S/C22H32ClN3O7S2/c1-17-16-34(18-3-4-19(23)20(15-18)35(2,28)29)22(25-17)26-21(27)5-7-30-9-11-32-13-14-33-12-10-31-8-6-24/h3-4,15-16H,5-14,24H2,1-2H3/p+1. The number of hydrogen-bond donors (Lipinski definition) is 2. The van der Waals surface area contributed by atoms with E-state index in [9.17, 15) is 13.2 Å². The number of rotatable bonds is 17. The van der Waals surface area contributed by atoms with Crippen LogP contribution in [0.2, 0.25) is 5.02 Å². The lowest BCUT2D eigenvalue weighted by molar-refractivity contribution is -0.117. The van der Waals surface area contributed by atoms with Crippen molar-refractivity contribution in [1.29, 1.82) is 0 Å². The number of anilines is 1. The summed E-state index contributed by atoms with van der Waals surface area (Å²) in [6, 6.07) is 4.81. The number of sulfone groups is 1. The summed E-state index contributed by atoms with van der Waals surface area (Å²) < 4.78 is 45.4. The average molecular weight is 551 g/mol. The number of amides is 1. The topological polar surface area (TPSA) is 139 Å². The van der Waals surface area contributed by atoms with E-state index in [4.69, 9.17) is 36.3 Å². The number of benzene rings is 1. The predicted molar refractivity (Wildman–Crippen MR) is 136 cm³/mol. The van der Waals surface area contributed by atoms with E-state index >= 15 is 0 Å². The molecule has 35 heavy (non-hydrogen) atoms. The number of aryl methyl sites for hydroxylation is 1. The second-order valence-corrected chi connectivity index (χ2v) is 11.6. The summed E-state index contributed by atoms with van der Waals surface area (Å²) in [6.45, 7) is 5.73. The maximum absolute atomic E-state index is 12.4. The molecule has 1 atom stereocenters. The molecule has 0 bridgehead atoms. The fourth-order valence-electron chi connectivity index (χ4n) is 2.82. The van der Waals surface area contributed by atoms with Crippen molar-refractivity contribution in [2.45, 2.75) is 18.2 Å². The van der Waals surface area contributed by atoms with Crippen molar-refractivity contribution in [3.8, 4) is 4.90 Å². The van der Waals surface area contributed by atoms with E-state index in [1.165, 1.54) is 6.07 Å². The Hall–Kier alpha value is -1.64. The van der Waals surface area contributed by atoms with Gasteiger partial charge in [0.05, 0.1) is 85.4 Å². The summed E-state index contributed by atoms with van der Waals surface area (Å²) in [5.74, 6) is -0.243. The molecule has 3 N–H and O–H groups in total. The van der Waals surface area contributed by atoms with Crippen molar-refractivity contribution in [3.63, 3.8) is 0 Å². The lowest BCUT2D eigenvalue weighted by atomic mass is 10.4. The summed E-state index contributed by atoms with van der Waals surface area (Å²) in [5, 5.41) is 5.32. The monoisotopic (exact) mass is 550 g/mol. The number of carbonyl (C=O) groups excluding carboxylic acids is 1. The Morgan fingerprint density at radius 3 is 2.17 bits per heavy atom. The first kappa shape index (κ1) is 29.6. The molecule has 1 unspecified atom stereocenters. The lowest BCUT2D eigenvalue weighted by Gasteiger charge is -2.07. The largest absolute Gasteiger partial charge is 0.379 e. The van der Waals surface area contributed by atoms with Gasteiger partial charge in [-0.15, -0.1) is 0 Å². The molecule has 0 fully saturated rings. The Balaban J connectivity index is 1.71. The van der Waals surface area contributed by atoms with Gasteiger partial charge in [-0.2, -0.15) is 4.98 Å². The molecule has 196 valence electrons. The molecule has 0 aliphatic rings. The highest BCUT2D eigenvalue weighted by atomic mass is 35.5. The average Bonchev–Trinajstić information content (AvgIpc) is 3.16. The zero-order valence-corrected chi connectivity index (χ0v) is 22.3. The highest BCUT2D eigenvalue weighted by Gasteiger charge is 2.25. The van der Waals surface area contributed by atoms with Crippen molar-refractivity contribution < 1.29 is 32.2 Å². The molecule has 10 nitrogen and oxygen atoms in total. The van der Waals surface area contributed by atoms with Crippen LogP contribution in [0, 0.1) is 6.92 Å². The molecule has 0 radical (unpaired) electrons. The number of ether oxygens (including phenoxy) is 4. The predicted octanol–water partition coefficient (Wildman–Crippen LogP) is 2.54. The van der Waals surface area contributed by atoms with Crippen LogP contribution in [0.4, 0.5) is 5.13 Å². The zero-order valence-electron chi connectivity index (χ0n) is 20.0. The first-order valence-corrected chi connectivity index (χ1v) is 14.6. The van der Waals surface area contributed by atoms with Gasteiger partial charge in [0.2, 0.25) is 5.91 Å². The maximum Gasteiger partial charge on any atom is 0.352 e. The number of aromatic nitrogens is 1. The summed E-state index contributed by atoms with van der Waals surface area (Å²) in [7, 11) is -4.19. The molecule has 0 spiro atoms. The van der Waals surface area contributed by atoms with E-state index in [0.29, 0.717) is 62.8 Å². The Bertz CT molecular complexity index is 1050. The number of thiazole rings is 1. The second kappa shape index (κ2) is 15.5. The SMILES string of the molecule is Cc1c[s+](-c2ccc(Cl)c(S(C)(=O)=O)c2)c(NC(=O)CCOCCOCCOCCOCCN)n1. The summed E-state index contributed by atoms with van der Waals surface area (Å²) in [6.07, 6.45) is 1.25. The highest BCUT2D eigenvalue weighted by molar-refractivity contribution is 7.90. The Morgan fingerprint density at radius 1 is 1.03 bits per heavy atom. The molecule has 0 aliphatic carbocycles. The number of carbonyl (C=O) groups is 1. The molecule has 1 amide bonds. The highest BCUT2D eigenvalue weighted by Crippen LogP contribution is 2.41. The molecule has 0 saturated heterocycles. The molecule has 1 aromatic carbocycles. The number of nitrogens with zero attached hydrogens (tertiary/aromatic N) is 1. The Labute approximate surface area is 213 Å². The molecule has 2 rings (SSSR count). The minimum Gasteiger partial charge on any atom is -0.379 e. The Morgan fingerprint density at radius 2 is 1.60 bits per heavy atom. The molecule has 13 heteroatoms. The first-order valence-electron chi connectivity index (χ1n) is 11.0. The van der Waals surface area contributed by atoms with E-state index in [0.717, 1.165) is 11.9 Å². The fraction of sp³-hybridized carbons (Fsp3) is 0.545. The molecule has 2 aromatic rings. The van der Waals surface area contributed by atoms with Gasteiger partial charge in [-0.25, -0.2) is 8.42 Å². The van der Waals surface area contributed by atoms with Gasteiger partial charge in [0.25, 0.3) is 0 Å². The normalized spacial score (nSPS) is 12.2. The van der Waals surface area contributed by atoms with Crippen LogP contribution in [0.3, 0.4) is 0 Å². The third-order valence-corrected chi connectivity index (χ3v) is 7.96. The van der Waals surface area contributed by atoms with Gasteiger partial charge in [-0.05, 0) is 19.1 Å². The van der Waals surface area contributed by atoms with Crippen molar-refractivity contribution in [2.75, 3.05) is 71.0 Å². The van der Waals surface area contributed by atoms with Gasteiger partial charge < -0.3 is 24.7 Å². The first-order chi connectivity index (χ1) is 16.7. The minimum absolute atomic E-state index is 0.0477. The van der Waals surface area contributed by atoms with Gasteiger partial charge in [0, 0.05) is 18.9 Å².